The molecule has 4 nitrogen and oxygen atoms in total. The van der Waals surface area contributed by atoms with Crippen LogP contribution in [0.1, 0.15) is 11.3 Å². The summed E-state index contributed by atoms with van der Waals surface area (Å²) in [6, 6.07) is 0. The lowest BCUT2D eigenvalue weighted by atomic mass is 10.1. The van der Waals surface area contributed by atoms with Gasteiger partial charge < -0.3 is 14.7 Å². The summed E-state index contributed by atoms with van der Waals surface area (Å²) >= 11 is 0. The van der Waals surface area contributed by atoms with Crippen LogP contribution in [0.5, 0.6) is 0 Å². The molecule has 0 amide bonds. The molecule has 0 saturated carbocycles. The minimum absolute atomic E-state index is 0.816. The van der Waals surface area contributed by atoms with Gasteiger partial charge in [-0.1, -0.05) is 5.16 Å². The molecule has 2 rings (SSSR count). The molecule has 0 aliphatic carbocycles. The highest BCUT2D eigenvalue weighted by Crippen LogP contribution is 2.24. The molecule has 0 fully saturated rings. The Morgan fingerprint density at radius 3 is 3.17 bits per heavy atom. The van der Waals surface area contributed by atoms with E-state index < -0.39 is 0 Å². The van der Waals surface area contributed by atoms with E-state index >= 15 is 0 Å². The quantitative estimate of drug-likeness (QED) is 0.668. The maximum atomic E-state index is 5.13. The first-order chi connectivity index (χ1) is 5.81. The molecule has 0 spiro atoms. The van der Waals surface area contributed by atoms with Crippen molar-refractivity contribution in [1.29, 1.82) is 0 Å². The van der Waals surface area contributed by atoms with Crippen LogP contribution in [0.4, 0.5) is 5.88 Å². The molecule has 1 N–H and O–H groups in total. The van der Waals surface area contributed by atoms with Gasteiger partial charge in [0.1, 0.15) is 0 Å². The smallest absolute Gasteiger partial charge is 0.229 e. The van der Waals surface area contributed by atoms with Gasteiger partial charge in [0.15, 0.2) is 0 Å². The zero-order valence-corrected chi connectivity index (χ0v) is 7.42. The summed E-state index contributed by atoms with van der Waals surface area (Å²) in [7, 11) is 3.96. The first-order valence-corrected chi connectivity index (χ1v) is 4.15. The molecule has 0 bridgehead atoms. The van der Waals surface area contributed by atoms with E-state index in [0.717, 1.165) is 31.1 Å². The number of rotatable bonds is 1. The Kier molecular flexibility index (Phi) is 1.77. The lowest BCUT2D eigenvalue weighted by molar-refractivity contribution is 0.311. The Bertz CT molecular complexity index is 268. The second kappa shape index (κ2) is 2.79. The Morgan fingerprint density at radius 2 is 2.42 bits per heavy atom. The van der Waals surface area contributed by atoms with Crippen LogP contribution < -0.4 is 5.32 Å². The van der Waals surface area contributed by atoms with Crippen molar-refractivity contribution in [2.24, 2.45) is 0 Å². The highest BCUT2D eigenvalue weighted by atomic mass is 16.5. The van der Waals surface area contributed by atoms with Crippen molar-refractivity contribution in [3.63, 3.8) is 0 Å². The van der Waals surface area contributed by atoms with Gasteiger partial charge in [-0.05, 0) is 7.05 Å². The standard InChI is InChI=1S/C8H13N3O/c1-9-8-6-5-11(2)4-3-7(6)10-12-8/h9H,3-5H2,1-2H3. The zero-order chi connectivity index (χ0) is 8.55. The highest BCUT2D eigenvalue weighted by Gasteiger charge is 2.20. The molecule has 4 heteroatoms. The van der Waals surface area contributed by atoms with Crippen LogP contribution in [0, 0.1) is 0 Å². The van der Waals surface area contributed by atoms with Crippen LogP contribution in [0.3, 0.4) is 0 Å². The fourth-order valence-corrected chi connectivity index (χ4v) is 1.54. The molecular formula is C8H13N3O. The average molecular weight is 167 g/mol. The normalized spacial score (nSPS) is 17.5. The molecule has 1 aromatic heterocycles. The van der Waals surface area contributed by atoms with Gasteiger partial charge in [-0.25, -0.2) is 0 Å². The van der Waals surface area contributed by atoms with Gasteiger partial charge in [0.25, 0.3) is 0 Å². The summed E-state index contributed by atoms with van der Waals surface area (Å²) in [5, 5.41) is 7.00. The number of anilines is 1. The van der Waals surface area contributed by atoms with Crippen LogP contribution in [-0.2, 0) is 13.0 Å². The Morgan fingerprint density at radius 1 is 1.58 bits per heavy atom. The van der Waals surface area contributed by atoms with Crippen molar-refractivity contribution >= 4 is 5.88 Å². The van der Waals surface area contributed by atoms with E-state index in [1.54, 1.807) is 0 Å². The monoisotopic (exact) mass is 167 g/mol. The summed E-state index contributed by atoms with van der Waals surface area (Å²) in [6.07, 6.45) is 0.997. The van der Waals surface area contributed by atoms with Crippen molar-refractivity contribution in [1.82, 2.24) is 10.1 Å². The van der Waals surface area contributed by atoms with Crippen molar-refractivity contribution < 1.29 is 4.52 Å². The molecular weight excluding hydrogens is 154 g/mol. The van der Waals surface area contributed by atoms with Crippen LogP contribution in [-0.4, -0.2) is 30.7 Å². The van der Waals surface area contributed by atoms with E-state index in [1.165, 1.54) is 5.56 Å². The van der Waals surface area contributed by atoms with E-state index in [2.05, 4.69) is 22.4 Å². The number of fused-ring (bicyclic) bond motifs is 1. The predicted molar refractivity (Wildman–Crippen MR) is 46.1 cm³/mol. The fourth-order valence-electron chi connectivity index (χ4n) is 1.54. The largest absolute Gasteiger partial charge is 0.357 e. The van der Waals surface area contributed by atoms with Crippen LogP contribution in [0.15, 0.2) is 4.52 Å². The van der Waals surface area contributed by atoms with Crippen molar-refractivity contribution in [3.8, 4) is 0 Å². The van der Waals surface area contributed by atoms with Gasteiger partial charge in [-0.15, -0.1) is 0 Å². The van der Waals surface area contributed by atoms with Gasteiger partial charge in [-0.3, -0.25) is 0 Å². The Hall–Kier alpha value is -1.03. The molecule has 0 saturated heterocycles. The van der Waals surface area contributed by atoms with Gasteiger partial charge in [-0.2, -0.15) is 0 Å². The van der Waals surface area contributed by atoms with Crippen molar-refractivity contribution in [3.05, 3.63) is 11.3 Å². The number of hydrogen-bond acceptors (Lipinski definition) is 4. The molecule has 0 radical (unpaired) electrons. The lowest BCUT2D eigenvalue weighted by Crippen LogP contribution is -2.26. The molecule has 0 unspecified atom stereocenters. The van der Waals surface area contributed by atoms with Gasteiger partial charge in [0.05, 0.1) is 11.3 Å². The predicted octanol–water partition coefficient (Wildman–Crippen LogP) is 0.704. The third-order valence-electron chi connectivity index (χ3n) is 2.25. The maximum Gasteiger partial charge on any atom is 0.229 e. The van der Waals surface area contributed by atoms with Crippen LogP contribution in [0.25, 0.3) is 0 Å². The second-order valence-corrected chi connectivity index (χ2v) is 3.17. The SMILES string of the molecule is CNc1onc2c1CN(C)CC2. The molecule has 66 valence electrons. The Labute approximate surface area is 71.5 Å². The van der Waals surface area contributed by atoms with E-state index in [-0.39, 0.29) is 0 Å². The molecule has 2 heterocycles. The number of hydrogen-bond donors (Lipinski definition) is 1. The average Bonchev–Trinajstić information content (AvgIpc) is 2.46. The minimum atomic E-state index is 0.816. The first kappa shape index (κ1) is 7.61. The molecule has 0 aromatic carbocycles. The van der Waals surface area contributed by atoms with Gasteiger partial charge in [0.2, 0.25) is 5.88 Å². The topological polar surface area (TPSA) is 41.3 Å². The summed E-state index contributed by atoms with van der Waals surface area (Å²) in [5.41, 5.74) is 2.32. The van der Waals surface area contributed by atoms with Crippen molar-refractivity contribution in [2.75, 3.05) is 26.0 Å². The van der Waals surface area contributed by atoms with Crippen LogP contribution >= 0.6 is 0 Å². The number of nitrogens with zero attached hydrogens (tertiary/aromatic N) is 2. The van der Waals surface area contributed by atoms with Crippen molar-refractivity contribution in [2.45, 2.75) is 13.0 Å². The van der Waals surface area contributed by atoms with E-state index in [4.69, 9.17) is 4.52 Å². The summed E-state index contributed by atoms with van der Waals surface area (Å²) in [6.45, 7) is 2.01. The summed E-state index contributed by atoms with van der Waals surface area (Å²) in [5.74, 6) is 0.816. The van der Waals surface area contributed by atoms with E-state index in [0.29, 0.717) is 0 Å². The second-order valence-electron chi connectivity index (χ2n) is 3.17. The van der Waals surface area contributed by atoms with Gasteiger partial charge >= 0.3 is 0 Å². The third-order valence-corrected chi connectivity index (χ3v) is 2.25. The summed E-state index contributed by atoms with van der Waals surface area (Å²) in [4.78, 5) is 2.26. The minimum Gasteiger partial charge on any atom is -0.357 e. The fraction of sp³-hybridized carbons (Fsp3) is 0.625. The molecule has 1 aromatic rings. The lowest BCUT2D eigenvalue weighted by Gasteiger charge is -2.20. The molecule has 12 heavy (non-hydrogen) atoms. The number of aromatic nitrogens is 1. The number of likely N-dealkylation sites (N-methyl/N-ethyl adjacent to an activating group) is 1. The van der Waals surface area contributed by atoms with E-state index in [1.807, 2.05) is 7.05 Å². The third kappa shape index (κ3) is 1.08. The highest BCUT2D eigenvalue weighted by molar-refractivity contribution is 5.43. The van der Waals surface area contributed by atoms with E-state index in [9.17, 15) is 0 Å². The number of nitrogens with one attached hydrogen (secondary N) is 1. The first-order valence-electron chi connectivity index (χ1n) is 4.15. The van der Waals surface area contributed by atoms with Crippen LogP contribution in [0.2, 0.25) is 0 Å². The van der Waals surface area contributed by atoms with Gasteiger partial charge in [0, 0.05) is 26.6 Å². The Balaban J connectivity index is 2.34. The summed E-state index contributed by atoms with van der Waals surface area (Å²) < 4.78 is 5.13. The molecule has 1 aliphatic heterocycles. The molecule has 1 aliphatic rings. The zero-order valence-electron chi connectivity index (χ0n) is 7.42. The molecule has 0 atom stereocenters. The maximum absolute atomic E-state index is 5.13.